The molecule has 0 fully saturated rings. The summed E-state index contributed by atoms with van der Waals surface area (Å²) in [5, 5.41) is 23.7. The zero-order valence-electron chi connectivity index (χ0n) is 6.05. The van der Waals surface area contributed by atoms with Gasteiger partial charge in [0.1, 0.15) is 0 Å². The molecule has 0 aromatic heterocycles. The van der Waals surface area contributed by atoms with E-state index in [1.807, 2.05) is 0 Å². The van der Waals surface area contributed by atoms with Crippen LogP contribution in [0.25, 0.3) is 0 Å². The van der Waals surface area contributed by atoms with E-state index in [-0.39, 0.29) is 0 Å². The lowest BCUT2D eigenvalue weighted by Crippen LogP contribution is -2.07. The maximum atomic E-state index is 10.8. The minimum atomic E-state index is -5.09. The van der Waals surface area contributed by atoms with Gasteiger partial charge in [-0.15, -0.1) is 15.4 Å². The van der Waals surface area contributed by atoms with Gasteiger partial charge in [-0.1, -0.05) is 4.67 Å². The molecule has 0 aliphatic carbocycles. The molecule has 1 N–H and O–H groups in total. The summed E-state index contributed by atoms with van der Waals surface area (Å²) in [5.74, 6) is 0. The van der Waals surface area contributed by atoms with E-state index in [2.05, 4.69) is 18.7 Å². The smallest absolute Gasteiger partial charge is 0.449 e. The maximum Gasteiger partial charge on any atom is 0.601 e. The summed E-state index contributed by atoms with van der Waals surface area (Å²) in [4.78, 5) is 22.8. The minimum absolute atomic E-state index is 0.800. The van der Waals surface area contributed by atoms with Gasteiger partial charge in [0.25, 0.3) is 0 Å². The first kappa shape index (κ1) is 11.9. The zero-order valence-corrected chi connectivity index (χ0v) is 6.95. The van der Waals surface area contributed by atoms with Crippen LogP contribution in [0.4, 0.5) is 4.79 Å². The lowest BCUT2D eigenvalue weighted by molar-refractivity contribution is -0.719. The second-order valence-corrected chi connectivity index (χ2v) is 2.75. The van der Waals surface area contributed by atoms with E-state index in [1.165, 1.54) is 0 Å². The van der Waals surface area contributed by atoms with Crippen molar-refractivity contribution in [3.63, 3.8) is 0 Å². The lowest BCUT2D eigenvalue weighted by Gasteiger charge is -2.08. The van der Waals surface area contributed by atoms with Crippen LogP contribution in [0.5, 0.6) is 0 Å². The average molecular weight is 228 g/mol. The Balaban J connectivity index is 4.50. The quantitative estimate of drug-likeness (QED) is 0.229. The number of hydrogen-bond donors (Lipinski definition) is 1. The highest BCUT2D eigenvalue weighted by molar-refractivity contribution is 7.48. The molecule has 11 nitrogen and oxygen atoms in total. The number of nitriles is 1. The van der Waals surface area contributed by atoms with Crippen LogP contribution in [-0.2, 0) is 23.3 Å². The van der Waals surface area contributed by atoms with Crippen LogP contribution < -0.4 is 0 Å². The first-order valence-corrected chi connectivity index (χ1v) is 3.96. The number of carboxylic acid groups (broad SMARTS) is 1. The number of nitrogens with zero attached hydrogens (tertiary/aromatic N) is 2. The maximum absolute atomic E-state index is 10.8. The van der Waals surface area contributed by atoms with Gasteiger partial charge in [-0.3, -0.25) is 0 Å². The van der Waals surface area contributed by atoms with Crippen LogP contribution in [0.2, 0.25) is 0 Å². The summed E-state index contributed by atoms with van der Waals surface area (Å²) in [7, 11) is -5.09. The van der Waals surface area contributed by atoms with Gasteiger partial charge in [0, 0.05) is 0 Å². The van der Waals surface area contributed by atoms with Crippen LogP contribution >= 0.6 is 7.82 Å². The van der Waals surface area contributed by atoms with Gasteiger partial charge in [0.05, 0.1) is 0 Å². The fraction of sp³-hybridized carbons (Fsp3) is 0. The molecule has 1 unspecified atom stereocenters. The van der Waals surface area contributed by atoms with Gasteiger partial charge in [-0.2, -0.15) is 4.62 Å². The standard InChI is InChI=1S/C2HN2O9P/c3-1-10-13-14(9,11-2(5)6)12-4(7)8/h(H,5,6). The summed E-state index contributed by atoms with van der Waals surface area (Å²) >= 11 is 0. The van der Waals surface area contributed by atoms with Crippen LogP contribution in [0, 0.1) is 21.6 Å². The Morgan fingerprint density at radius 2 is 2.21 bits per heavy atom. The summed E-state index contributed by atoms with van der Waals surface area (Å²) < 4.78 is 20.8. The molecule has 0 saturated carbocycles. The third-order valence-corrected chi connectivity index (χ3v) is 1.49. The first-order valence-electron chi connectivity index (χ1n) is 2.50. The fourth-order valence-electron chi connectivity index (χ4n) is 0.285. The van der Waals surface area contributed by atoms with E-state index < -0.39 is 19.1 Å². The summed E-state index contributed by atoms with van der Waals surface area (Å²) in [5.41, 5.74) is 0. The minimum Gasteiger partial charge on any atom is -0.449 e. The van der Waals surface area contributed by atoms with Gasteiger partial charge >= 0.3 is 25.3 Å². The van der Waals surface area contributed by atoms with Crippen molar-refractivity contribution >= 4 is 14.0 Å². The van der Waals surface area contributed by atoms with Crippen molar-refractivity contribution in [2.75, 3.05) is 0 Å². The second kappa shape index (κ2) is 4.85. The Kier molecular flexibility index (Phi) is 4.14. The topological polar surface area (TPSA) is 158 Å². The van der Waals surface area contributed by atoms with Crippen LogP contribution in [0.15, 0.2) is 0 Å². The van der Waals surface area contributed by atoms with Crippen LogP contribution in [0.1, 0.15) is 0 Å². The molecule has 14 heavy (non-hydrogen) atoms. The number of hydrogen-bond acceptors (Lipinski definition) is 9. The molecule has 0 aromatic carbocycles. The predicted molar refractivity (Wildman–Crippen MR) is 32.6 cm³/mol. The van der Waals surface area contributed by atoms with Crippen molar-refractivity contribution in [1.82, 2.24) is 0 Å². The monoisotopic (exact) mass is 228 g/mol. The molecule has 0 radical (unpaired) electrons. The molecule has 78 valence electrons. The van der Waals surface area contributed by atoms with Gasteiger partial charge in [-0.05, 0) is 0 Å². The third-order valence-electron chi connectivity index (χ3n) is 0.522. The van der Waals surface area contributed by atoms with Crippen LogP contribution in [-0.4, -0.2) is 16.3 Å². The molecule has 0 aliphatic heterocycles. The molecule has 0 saturated heterocycles. The molecular formula is C2HN2O9P. The van der Waals surface area contributed by atoms with Crippen molar-refractivity contribution in [1.29, 1.82) is 5.26 Å². The van der Waals surface area contributed by atoms with Gasteiger partial charge in [-0.25, -0.2) is 14.2 Å². The lowest BCUT2D eigenvalue weighted by atomic mass is 11.5. The molecule has 0 aliphatic rings. The van der Waals surface area contributed by atoms with Crippen molar-refractivity contribution in [3.8, 4) is 6.26 Å². The van der Waals surface area contributed by atoms with Gasteiger partial charge in [0.2, 0.25) is 0 Å². The fourth-order valence-corrected chi connectivity index (χ4v) is 0.855. The number of phosphoric acid groups is 1. The van der Waals surface area contributed by atoms with Crippen molar-refractivity contribution in [2.24, 2.45) is 0 Å². The van der Waals surface area contributed by atoms with E-state index in [1.54, 1.807) is 0 Å². The second-order valence-electron chi connectivity index (χ2n) is 1.36. The summed E-state index contributed by atoms with van der Waals surface area (Å²) in [6.45, 7) is 0. The Labute approximate surface area is 75.0 Å². The van der Waals surface area contributed by atoms with Crippen LogP contribution in [0.3, 0.4) is 0 Å². The molecule has 1 atom stereocenters. The molecule has 0 amide bonds. The van der Waals surface area contributed by atoms with E-state index in [0.29, 0.717) is 0 Å². The van der Waals surface area contributed by atoms with E-state index in [4.69, 9.17) is 10.4 Å². The normalized spacial score (nSPS) is 13.1. The highest BCUT2D eigenvalue weighted by atomic mass is 31.2. The molecule has 12 heteroatoms. The van der Waals surface area contributed by atoms with E-state index in [9.17, 15) is 19.5 Å². The molecule has 0 spiro atoms. The number of rotatable bonds is 5. The highest BCUT2D eigenvalue weighted by Gasteiger charge is 2.37. The molecule has 0 aromatic rings. The molecule has 0 heterocycles. The van der Waals surface area contributed by atoms with E-state index >= 15 is 0 Å². The highest BCUT2D eigenvalue weighted by Crippen LogP contribution is 2.49. The summed E-state index contributed by atoms with van der Waals surface area (Å²) in [6.07, 6.45) is -1.37. The number of carbonyl (C=O) groups is 1. The predicted octanol–water partition coefficient (Wildman–Crippen LogP) is 0.427. The third kappa shape index (κ3) is 4.75. The molecule has 0 rings (SSSR count). The Bertz CT molecular complexity index is 297. The molecule has 0 bridgehead atoms. The SMILES string of the molecule is N#COOP(=O)(OC(=O)O)O[N+](=O)[O-]. The Hall–Kier alpha value is -2.05. The average Bonchev–Trinajstić information content (AvgIpc) is 1.97. The van der Waals surface area contributed by atoms with Crippen molar-refractivity contribution in [3.05, 3.63) is 10.1 Å². The Morgan fingerprint density at radius 3 is 2.57 bits per heavy atom. The van der Waals surface area contributed by atoms with Crippen molar-refractivity contribution < 1.29 is 38.3 Å². The van der Waals surface area contributed by atoms with Gasteiger partial charge in [0.15, 0.2) is 0 Å². The largest absolute Gasteiger partial charge is 0.601 e. The first-order chi connectivity index (χ1) is 6.39. The zero-order chi connectivity index (χ0) is 11.2. The summed E-state index contributed by atoms with van der Waals surface area (Å²) in [6, 6.07) is 0. The van der Waals surface area contributed by atoms with Crippen molar-refractivity contribution in [2.45, 2.75) is 0 Å². The Morgan fingerprint density at radius 1 is 1.64 bits per heavy atom. The molecular weight excluding hydrogens is 227 g/mol. The van der Waals surface area contributed by atoms with Gasteiger partial charge < -0.3 is 9.63 Å². The van der Waals surface area contributed by atoms with E-state index in [0.717, 1.165) is 6.26 Å².